The predicted octanol–water partition coefficient (Wildman–Crippen LogP) is 2.51. The van der Waals surface area contributed by atoms with Crippen LogP contribution >= 0.6 is 0 Å². The number of hydrogen-bond donors (Lipinski definition) is 0. The molecule has 9 nitrogen and oxygen atoms in total. The molecule has 0 saturated carbocycles. The van der Waals surface area contributed by atoms with E-state index in [2.05, 4.69) is 5.10 Å². The molecule has 0 bridgehead atoms. The SMILES string of the molecule is Cc1nn(-c2ccc([N+](=O)[O-])cc2[N+](=O)[O-])c(=O)c2ccccc12. The highest BCUT2D eigenvalue weighted by molar-refractivity contribution is 5.83. The Bertz CT molecular complexity index is 1060. The van der Waals surface area contributed by atoms with E-state index in [1.54, 1.807) is 31.2 Å². The van der Waals surface area contributed by atoms with E-state index in [4.69, 9.17) is 0 Å². The van der Waals surface area contributed by atoms with Crippen LogP contribution in [0, 0.1) is 27.2 Å². The van der Waals surface area contributed by atoms with Crippen LogP contribution in [0.4, 0.5) is 11.4 Å². The van der Waals surface area contributed by atoms with Crippen molar-refractivity contribution in [2.75, 3.05) is 0 Å². The smallest absolute Gasteiger partial charge is 0.267 e. The fourth-order valence-electron chi connectivity index (χ4n) is 2.46. The highest BCUT2D eigenvalue weighted by Gasteiger charge is 2.23. The standard InChI is InChI=1S/C15H10N4O5/c1-9-11-4-2-3-5-12(11)15(20)17(16-9)13-7-6-10(18(21)22)8-14(13)19(23)24/h2-8H,1H3. The van der Waals surface area contributed by atoms with E-state index in [0.29, 0.717) is 16.5 Å². The molecule has 9 heteroatoms. The Balaban J connectivity index is 2.36. The Morgan fingerprint density at radius 3 is 2.29 bits per heavy atom. The molecule has 0 saturated heterocycles. The Hall–Kier alpha value is -3.62. The third-order valence-corrected chi connectivity index (χ3v) is 3.58. The third-order valence-electron chi connectivity index (χ3n) is 3.58. The average Bonchev–Trinajstić information content (AvgIpc) is 2.57. The molecule has 3 rings (SSSR count). The normalized spacial score (nSPS) is 10.7. The van der Waals surface area contributed by atoms with Gasteiger partial charge in [-0.3, -0.25) is 25.0 Å². The number of hydrogen-bond acceptors (Lipinski definition) is 6. The van der Waals surface area contributed by atoms with Crippen molar-refractivity contribution < 1.29 is 9.85 Å². The van der Waals surface area contributed by atoms with Crippen LogP contribution < -0.4 is 5.56 Å². The summed E-state index contributed by atoms with van der Waals surface area (Å²) in [6.07, 6.45) is 0. The first-order valence-corrected chi connectivity index (χ1v) is 6.82. The second-order valence-electron chi connectivity index (χ2n) is 5.04. The number of nitrogens with zero attached hydrogens (tertiary/aromatic N) is 4. The van der Waals surface area contributed by atoms with Gasteiger partial charge in [-0.15, -0.1) is 0 Å². The highest BCUT2D eigenvalue weighted by atomic mass is 16.6. The maximum Gasteiger partial charge on any atom is 0.301 e. The number of non-ortho nitro benzene ring substituents is 1. The fraction of sp³-hybridized carbons (Fsp3) is 0.0667. The Kier molecular flexibility index (Phi) is 3.53. The molecule has 120 valence electrons. The molecule has 0 aliphatic rings. The second kappa shape index (κ2) is 5.54. The molecule has 0 unspecified atom stereocenters. The first-order valence-electron chi connectivity index (χ1n) is 6.82. The van der Waals surface area contributed by atoms with Gasteiger partial charge < -0.3 is 0 Å². The minimum atomic E-state index is -0.777. The molecular formula is C15H10N4O5. The Labute approximate surface area is 134 Å². The average molecular weight is 326 g/mol. The molecule has 3 aromatic rings. The monoisotopic (exact) mass is 326 g/mol. The molecule has 0 radical (unpaired) electrons. The molecule has 0 spiro atoms. The topological polar surface area (TPSA) is 121 Å². The maximum absolute atomic E-state index is 12.6. The molecule has 0 fully saturated rings. The summed E-state index contributed by atoms with van der Waals surface area (Å²) in [7, 11) is 0. The molecule has 0 amide bonds. The van der Waals surface area contributed by atoms with Crippen LogP contribution in [-0.4, -0.2) is 19.6 Å². The van der Waals surface area contributed by atoms with Gasteiger partial charge in [-0.25, -0.2) is 0 Å². The summed E-state index contributed by atoms with van der Waals surface area (Å²) < 4.78 is 0.902. The summed E-state index contributed by atoms with van der Waals surface area (Å²) in [5, 5.41) is 27.2. The predicted molar refractivity (Wildman–Crippen MR) is 85.4 cm³/mol. The number of nitro groups is 2. The van der Waals surface area contributed by atoms with E-state index in [9.17, 15) is 25.0 Å². The van der Waals surface area contributed by atoms with Crippen molar-refractivity contribution >= 4 is 22.1 Å². The van der Waals surface area contributed by atoms with Gasteiger partial charge in [-0.05, 0) is 19.1 Å². The Morgan fingerprint density at radius 1 is 1.00 bits per heavy atom. The zero-order valence-corrected chi connectivity index (χ0v) is 12.4. The van der Waals surface area contributed by atoms with Crippen LogP contribution in [0.5, 0.6) is 0 Å². The summed E-state index contributed by atoms with van der Waals surface area (Å²) >= 11 is 0. The van der Waals surface area contributed by atoms with Crippen LogP contribution in [0.15, 0.2) is 47.3 Å². The minimum Gasteiger partial charge on any atom is -0.267 e. The van der Waals surface area contributed by atoms with E-state index < -0.39 is 26.8 Å². The lowest BCUT2D eigenvalue weighted by Gasteiger charge is -2.09. The van der Waals surface area contributed by atoms with Crippen molar-refractivity contribution in [2.45, 2.75) is 6.92 Å². The number of benzene rings is 2. The summed E-state index contributed by atoms with van der Waals surface area (Å²) in [4.78, 5) is 33.2. The van der Waals surface area contributed by atoms with Gasteiger partial charge in [0.05, 0.1) is 27.0 Å². The van der Waals surface area contributed by atoms with E-state index in [1.807, 2.05) is 0 Å². The van der Waals surface area contributed by atoms with Crippen molar-refractivity contribution in [3.8, 4) is 5.69 Å². The summed E-state index contributed by atoms with van der Waals surface area (Å²) in [6.45, 7) is 1.68. The van der Waals surface area contributed by atoms with Crippen LogP contribution in [0.1, 0.15) is 5.69 Å². The summed E-state index contributed by atoms with van der Waals surface area (Å²) in [5.41, 5.74) is -1.14. The van der Waals surface area contributed by atoms with E-state index >= 15 is 0 Å². The van der Waals surface area contributed by atoms with E-state index in [1.165, 1.54) is 0 Å². The molecule has 0 N–H and O–H groups in total. The van der Waals surface area contributed by atoms with Gasteiger partial charge >= 0.3 is 5.69 Å². The van der Waals surface area contributed by atoms with E-state index in [0.717, 1.165) is 22.9 Å². The van der Waals surface area contributed by atoms with Gasteiger partial charge in [-0.1, -0.05) is 18.2 Å². The van der Waals surface area contributed by atoms with Gasteiger partial charge in [0, 0.05) is 11.5 Å². The quantitative estimate of drug-likeness (QED) is 0.538. The Morgan fingerprint density at radius 2 is 1.67 bits per heavy atom. The van der Waals surface area contributed by atoms with Crippen molar-refractivity contribution in [1.29, 1.82) is 0 Å². The molecular weight excluding hydrogens is 316 g/mol. The summed E-state index contributed by atoms with van der Waals surface area (Å²) in [5.74, 6) is 0. The number of fused-ring (bicyclic) bond motifs is 1. The first-order chi connectivity index (χ1) is 11.4. The van der Waals surface area contributed by atoms with Crippen LogP contribution in [0.2, 0.25) is 0 Å². The van der Waals surface area contributed by atoms with Crippen molar-refractivity contribution in [3.63, 3.8) is 0 Å². The van der Waals surface area contributed by atoms with Crippen LogP contribution in [0.25, 0.3) is 16.5 Å². The van der Waals surface area contributed by atoms with Crippen LogP contribution in [-0.2, 0) is 0 Å². The van der Waals surface area contributed by atoms with Crippen molar-refractivity contribution in [1.82, 2.24) is 9.78 Å². The zero-order chi connectivity index (χ0) is 17.4. The maximum atomic E-state index is 12.6. The highest BCUT2D eigenvalue weighted by Crippen LogP contribution is 2.27. The van der Waals surface area contributed by atoms with Crippen molar-refractivity contribution in [2.24, 2.45) is 0 Å². The number of rotatable bonds is 3. The van der Waals surface area contributed by atoms with Crippen molar-refractivity contribution in [3.05, 3.63) is 78.7 Å². The molecule has 0 atom stereocenters. The number of aromatic nitrogens is 2. The van der Waals surface area contributed by atoms with E-state index in [-0.39, 0.29) is 5.69 Å². The molecule has 0 aliphatic heterocycles. The van der Waals surface area contributed by atoms with Gasteiger partial charge in [0.2, 0.25) is 0 Å². The molecule has 24 heavy (non-hydrogen) atoms. The summed E-state index contributed by atoms with van der Waals surface area (Å²) in [6, 6.07) is 9.83. The lowest BCUT2D eigenvalue weighted by molar-refractivity contribution is -0.394. The van der Waals surface area contributed by atoms with Crippen LogP contribution in [0.3, 0.4) is 0 Å². The number of nitro benzene ring substituents is 2. The third kappa shape index (κ3) is 2.37. The fourth-order valence-corrected chi connectivity index (χ4v) is 2.46. The molecule has 1 heterocycles. The molecule has 0 aliphatic carbocycles. The number of aryl methyl sites for hydroxylation is 1. The molecule has 1 aromatic heterocycles. The zero-order valence-electron chi connectivity index (χ0n) is 12.4. The largest absolute Gasteiger partial charge is 0.301 e. The first kappa shape index (κ1) is 15.3. The van der Waals surface area contributed by atoms with Gasteiger partial charge in [0.25, 0.3) is 11.2 Å². The van der Waals surface area contributed by atoms with Gasteiger partial charge in [-0.2, -0.15) is 9.78 Å². The van der Waals surface area contributed by atoms with Gasteiger partial charge in [0.1, 0.15) is 5.69 Å². The van der Waals surface area contributed by atoms with Gasteiger partial charge in [0.15, 0.2) is 0 Å². The lowest BCUT2D eigenvalue weighted by Crippen LogP contribution is -2.23. The second-order valence-corrected chi connectivity index (χ2v) is 5.04. The lowest BCUT2D eigenvalue weighted by atomic mass is 10.1. The minimum absolute atomic E-state index is 0.121. The molecule has 2 aromatic carbocycles.